The average Bonchev–Trinajstić information content (AvgIpc) is 2.54. The zero-order valence-electron chi connectivity index (χ0n) is 12.1. The molecule has 0 N–H and O–H groups in total. The highest BCUT2D eigenvalue weighted by atomic mass is 16.6. The number of nitrogens with zero attached hydrogens (tertiary/aromatic N) is 3. The summed E-state index contributed by atoms with van der Waals surface area (Å²) in [7, 11) is 1.77. The van der Waals surface area contributed by atoms with E-state index in [9.17, 15) is 10.1 Å². The van der Waals surface area contributed by atoms with Crippen molar-refractivity contribution < 1.29 is 14.4 Å². The summed E-state index contributed by atoms with van der Waals surface area (Å²) in [6, 6.07) is 8.66. The first-order chi connectivity index (χ1) is 10.6. The summed E-state index contributed by atoms with van der Waals surface area (Å²) in [5.74, 6) is 1.76. The molecule has 0 radical (unpaired) electrons. The number of pyridine rings is 1. The summed E-state index contributed by atoms with van der Waals surface area (Å²) in [6.07, 6.45) is 1.54. The van der Waals surface area contributed by atoms with Crippen molar-refractivity contribution in [1.82, 2.24) is 4.98 Å². The van der Waals surface area contributed by atoms with Gasteiger partial charge in [0, 0.05) is 25.9 Å². The number of anilines is 1. The van der Waals surface area contributed by atoms with Crippen LogP contribution < -0.4 is 14.4 Å². The van der Waals surface area contributed by atoms with E-state index >= 15 is 0 Å². The Labute approximate surface area is 127 Å². The fourth-order valence-corrected chi connectivity index (χ4v) is 2.36. The molecule has 1 aliphatic rings. The summed E-state index contributed by atoms with van der Waals surface area (Å²) >= 11 is 0. The molecule has 22 heavy (non-hydrogen) atoms. The Morgan fingerprint density at radius 1 is 1.27 bits per heavy atom. The molecule has 1 aromatic carbocycles. The quantitative estimate of drug-likeness (QED) is 0.637. The lowest BCUT2D eigenvalue weighted by Crippen LogP contribution is -2.20. The van der Waals surface area contributed by atoms with Crippen molar-refractivity contribution in [3.63, 3.8) is 0 Å². The first kappa shape index (κ1) is 14.1. The summed E-state index contributed by atoms with van der Waals surface area (Å²) in [5.41, 5.74) is 0.953. The Morgan fingerprint density at radius 2 is 2.05 bits per heavy atom. The maximum Gasteiger partial charge on any atom is 0.311 e. The van der Waals surface area contributed by atoms with Crippen LogP contribution in [0.2, 0.25) is 0 Å². The Kier molecular flexibility index (Phi) is 3.78. The molecule has 0 spiro atoms. The van der Waals surface area contributed by atoms with Crippen molar-refractivity contribution in [2.45, 2.75) is 6.54 Å². The monoisotopic (exact) mass is 301 g/mol. The average molecular weight is 301 g/mol. The number of aromatic nitrogens is 1. The lowest BCUT2D eigenvalue weighted by Gasteiger charge is -2.21. The fraction of sp³-hybridized carbons (Fsp3) is 0.267. The van der Waals surface area contributed by atoms with Gasteiger partial charge in [0.1, 0.15) is 13.2 Å². The number of rotatable bonds is 4. The van der Waals surface area contributed by atoms with Crippen molar-refractivity contribution in [2.75, 3.05) is 25.2 Å². The van der Waals surface area contributed by atoms with Crippen LogP contribution >= 0.6 is 0 Å². The van der Waals surface area contributed by atoms with Gasteiger partial charge in [-0.25, -0.2) is 4.98 Å². The van der Waals surface area contributed by atoms with Gasteiger partial charge in [-0.2, -0.15) is 0 Å². The minimum atomic E-state index is -0.428. The number of benzene rings is 1. The van der Waals surface area contributed by atoms with E-state index in [1.54, 1.807) is 24.2 Å². The van der Waals surface area contributed by atoms with E-state index in [1.165, 1.54) is 6.07 Å². The van der Waals surface area contributed by atoms with Gasteiger partial charge in [0.25, 0.3) is 0 Å². The Morgan fingerprint density at radius 3 is 2.82 bits per heavy atom. The van der Waals surface area contributed by atoms with E-state index in [2.05, 4.69) is 4.98 Å². The highest BCUT2D eigenvalue weighted by molar-refractivity contribution is 5.57. The minimum absolute atomic E-state index is 0.0115. The standard InChI is InChI=1S/C15H15N3O4/c1-17(15-12(18(19)20)3-2-6-16-15)10-11-4-5-13-14(9-11)22-8-7-21-13/h2-6,9H,7-8,10H2,1H3. The second kappa shape index (κ2) is 5.88. The zero-order valence-corrected chi connectivity index (χ0v) is 12.1. The van der Waals surface area contributed by atoms with Crippen molar-refractivity contribution >= 4 is 11.5 Å². The predicted octanol–water partition coefficient (Wildman–Crippen LogP) is 2.40. The van der Waals surface area contributed by atoms with Crippen LogP contribution in [0.5, 0.6) is 11.5 Å². The van der Waals surface area contributed by atoms with Crippen LogP contribution in [0.25, 0.3) is 0 Å². The molecule has 7 heteroatoms. The molecule has 7 nitrogen and oxygen atoms in total. The molecule has 0 unspecified atom stereocenters. The van der Waals surface area contributed by atoms with Gasteiger partial charge in [0.05, 0.1) is 4.92 Å². The molecule has 3 rings (SSSR count). The van der Waals surface area contributed by atoms with Gasteiger partial charge in [0.15, 0.2) is 11.5 Å². The van der Waals surface area contributed by atoms with E-state index in [4.69, 9.17) is 9.47 Å². The van der Waals surface area contributed by atoms with Crippen LogP contribution in [0, 0.1) is 10.1 Å². The first-order valence-corrected chi connectivity index (χ1v) is 6.84. The van der Waals surface area contributed by atoms with E-state index in [1.807, 2.05) is 18.2 Å². The number of hydrogen-bond donors (Lipinski definition) is 0. The first-order valence-electron chi connectivity index (χ1n) is 6.84. The van der Waals surface area contributed by atoms with Crippen LogP contribution in [-0.2, 0) is 6.54 Å². The second-order valence-corrected chi connectivity index (χ2v) is 4.94. The summed E-state index contributed by atoms with van der Waals surface area (Å²) in [6.45, 7) is 1.55. The fourth-order valence-electron chi connectivity index (χ4n) is 2.36. The Bertz CT molecular complexity index is 705. The molecule has 0 aliphatic carbocycles. The molecule has 0 saturated carbocycles. The summed E-state index contributed by atoms with van der Waals surface area (Å²) in [4.78, 5) is 16.5. The zero-order chi connectivity index (χ0) is 15.5. The SMILES string of the molecule is CN(Cc1ccc2c(c1)OCCO2)c1ncccc1[N+](=O)[O-]. The predicted molar refractivity (Wildman–Crippen MR) is 80.4 cm³/mol. The third-order valence-corrected chi connectivity index (χ3v) is 3.35. The molecule has 114 valence electrons. The van der Waals surface area contributed by atoms with Gasteiger partial charge in [0.2, 0.25) is 5.82 Å². The van der Waals surface area contributed by atoms with Crippen molar-refractivity contribution in [3.8, 4) is 11.5 Å². The molecule has 1 aromatic heterocycles. The lowest BCUT2D eigenvalue weighted by atomic mass is 10.2. The third-order valence-electron chi connectivity index (χ3n) is 3.35. The lowest BCUT2D eigenvalue weighted by molar-refractivity contribution is -0.384. The second-order valence-electron chi connectivity index (χ2n) is 4.94. The smallest absolute Gasteiger partial charge is 0.311 e. The van der Waals surface area contributed by atoms with Crippen LogP contribution in [0.1, 0.15) is 5.56 Å². The van der Waals surface area contributed by atoms with Gasteiger partial charge in [-0.15, -0.1) is 0 Å². The minimum Gasteiger partial charge on any atom is -0.486 e. The molecule has 0 atom stereocenters. The van der Waals surface area contributed by atoms with E-state index < -0.39 is 4.92 Å². The van der Waals surface area contributed by atoms with E-state index in [-0.39, 0.29) is 5.69 Å². The van der Waals surface area contributed by atoms with E-state index in [0.29, 0.717) is 31.3 Å². The topological polar surface area (TPSA) is 77.7 Å². The molecule has 0 fully saturated rings. The van der Waals surface area contributed by atoms with Crippen LogP contribution in [0.15, 0.2) is 36.5 Å². The molecule has 0 bridgehead atoms. The van der Waals surface area contributed by atoms with Gasteiger partial charge in [-0.05, 0) is 23.8 Å². The van der Waals surface area contributed by atoms with Crippen LogP contribution in [0.3, 0.4) is 0 Å². The maximum atomic E-state index is 11.1. The Balaban J connectivity index is 1.83. The molecule has 0 saturated heterocycles. The van der Waals surface area contributed by atoms with Crippen molar-refractivity contribution in [1.29, 1.82) is 0 Å². The summed E-state index contributed by atoms with van der Waals surface area (Å²) < 4.78 is 11.0. The van der Waals surface area contributed by atoms with Crippen molar-refractivity contribution in [2.24, 2.45) is 0 Å². The van der Waals surface area contributed by atoms with Gasteiger partial charge in [-0.3, -0.25) is 10.1 Å². The molecule has 0 amide bonds. The summed E-state index contributed by atoms with van der Waals surface area (Å²) in [5, 5.41) is 11.1. The maximum absolute atomic E-state index is 11.1. The highest BCUT2D eigenvalue weighted by Gasteiger charge is 2.19. The number of fused-ring (bicyclic) bond motifs is 1. The molecular weight excluding hydrogens is 286 g/mol. The number of ether oxygens (including phenoxy) is 2. The van der Waals surface area contributed by atoms with Crippen LogP contribution in [0.4, 0.5) is 11.5 Å². The largest absolute Gasteiger partial charge is 0.486 e. The van der Waals surface area contributed by atoms with Gasteiger partial charge in [-0.1, -0.05) is 6.07 Å². The van der Waals surface area contributed by atoms with Crippen LogP contribution in [-0.4, -0.2) is 30.2 Å². The van der Waals surface area contributed by atoms with Gasteiger partial charge >= 0.3 is 5.69 Å². The molecular formula is C15H15N3O4. The third kappa shape index (κ3) is 2.78. The molecule has 1 aliphatic heterocycles. The Hall–Kier alpha value is -2.83. The molecule has 2 aromatic rings. The highest BCUT2D eigenvalue weighted by Crippen LogP contribution is 2.32. The number of hydrogen-bond acceptors (Lipinski definition) is 6. The van der Waals surface area contributed by atoms with E-state index in [0.717, 1.165) is 11.3 Å². The van der Waals surface area contributed by atoms with Crippen molar-refractivity contribution in [3.05, 3.63) is 52.2 Å². The molecule has 2 heterocycles. The normalized spacial score (nSPS) is 12.8. The van der Waals surface area contributed by atoms with Gasteiger partial charge < -0.3 is 14.4 Å². The number of nitro groups is 1.